The van der Waals surface area contributed by atoms with Crippen LogP contribution in [0.4, 0.5) is 0 Å². The molecule has 1 aliphatic heterocycles. The molecule has 28 heavy (non-hydrogen) atoms. The summed E-state index contributed by atoms with van der Waals surface area (Å²) in [6.07, 6.45) is 4.63. The average molecular weight is 375 g/mol. The molecule has 0 amide bonds. The number of aromatic nitrogens is 2. The van der Waals surface area contributed by atoms with Crippen molar-refractivity contribution in [2.75, 3.05) is 13.1 Å². The van der Waals surface area contributed by atoms with Crippen molar-refractivity contribution in [2.24, 2.45) is 0 Å². The third kappa shape index (κ3) is 4.51. The number of hydrogen-bond acceptors (Lipinski definition) is 3. The van der Waals surface area contributed by atoms with Gasteiger partial charge in [0.25, 0.3) is 0 Å². The van der Waals surface area contributed by atoms with Crippen molar-refractivity contribution < 1.29 is 0 Å². The summed E-state index contributed by atoms with van der Waals surface area (Å²) < 4.78 is 2.02. The van der Waals surface area contributed by atoms with Gasteiger partial charge in [0.1, 0.15) is 0 Å². The average Bonchev–Trinajstić information content (AvgIpc) is 3.14. The Bertz CT molecular complexity index is 862. The Morgan fingerprint density at radius 2 is 1.61 bits per heavy atom. The number of nitrogens with one attached hydrogen (secondary N) is 1. The Kier molecular flexibility index (Phi) is 5.89. The molecule has 146 valence electrons. The molecule has 1 N–H and O–H groups in total. The molecule has 0 radical (unpaired) electrons. The van der Waals surface area contributed by atoms with Crippen LogP contribution in [0.2, 0.25) is 0 Å². The maximum Gasteiger partial charge on any atom is 0.0972 e. The van der Waals surface area contributed by atoms with Crippen LogP contribution in [0.5, 0.6) is 0 Å². The molecule has 1 aliphatic rings. The van der Waals surface area contributed by atoms with Crippen molar-refractivity contribution in [1.29, 1.82) is 0 Å². The summed E-state index contributed by atoms with van der Waals surface area (Å²) in [5.74, 6) is 0. The van der Waals surface area contributed by atoms with E-state index >= 15 is 0 Å². The van der Waals surface area contributed by atoms with Crippen LogP contribution in [-0.4, -0.2) is 39.9 Å². The highest BCUT2D eigenvalue weighted by Gasteiger charge is 2.21. The van der Waals surface area contributed by atoms with Gasteiger partial charge in [-0.15, -0.1) is 0 Å². The molecule has 1 saturated heterocycles. The molecule has 4 heteroatoms. The lowest BCUT2D eigenvalue weighted by Gasteiger charge is -2.33. The van der Waals surface area contributed by atoms with Crippen molar-refractivity contribution in [3.63, 3.8) is 0 Å². The molecule has 1 fully saturated rings. The van der Waals surface area contributed by atoms with Gasteiger partial charge in [-0.1, -0.05) is 62.4 Å². The number of likely N-dealkylation sites (tertiary alicyclic amines) is 1. The summed E-state index contributed by atoms with van der Waals surface area (Å²) in [6, 6.07) is 22.1. The fraction of sp³-hybridized carbons (Fsp3) is 0.375. The van der Waals surface area contributed by atoms with Gasteiger partial charge in [-0.25, -0.2) is 4.68 Å². The van der Waals surface area contributed by atoms with Crippen LogP contribution >= 0.6 is 0 Å². The highest BCUT2D eigenvalue weighted by Crippen LogP contribution is 2.26. The number of benzene rings is 2. The second-order valence-electron chi connectivity index (χ2n) is 8.02. The second-order valence-corrected chi connectivity index (χ2v) is 8.02. The first-order valence-electron chi connectivity index (χ1n) is 10.4. The van der Waals surface area contributed by atoms with Gasteiger partial charge in [-0.05, 0) is 38.1 Å². The number of rotatable bonds is 6. The summed E-state index contributed by atoms with van der Waals surface area (Å²) >= 11 is 0. The maximum atomic E-state index is 4.95. The topological polar surface area (TPSA) is 33.1 Å². The Hall–Kier alpha value is -2.43. The Morgan fingerprint density at radius 1 is 0.964 bits per heavy atom. The van der Waals surface area contributed by atoms with Gasteiger partial charge < -0.3 is 5.32 Å². The van der Waals surface area contributed by atoms with Gasteiger partial charge in [0.2, 0.25) is 0 Å². The lowest BCUT2D eigenvalue weighted by atomic mass is 10.0. The van der Waals surface area contributed by atoms with E-state index in [4.69, 9.17) is 5.10 Å². The number of hydrogen-bond donors (Lipinski definition) is 1. The minimum absolute atomic E-state index is 0.560. The van der Waals surface area contributed by atoms with Crippen molar-refractivity contribution >= 4 is 0 Å². The monoisotopic (exact) mass is 374 g/mol. The van der Waals surface area contributed by atoms with Gasteiger partial charge in [0, 0.05) is 36.0 Å². The molecule has 2 heterocycles. The zero-order valence-electron chi connectivity index (χ0n) is 16.9. The van der Waals surface area contributed by atoms with Gasteiger partial charge in [-0.2, -0.15) is 5.10 Å². The minimum atomic E-state index is 0.560. The van der Waals surface area contributed by atoms with Crippen LogP contribution in [0, 0.1) is 0 Å². The highest BCUT2D eigenvalue weighted by atomic mass is 15.3. The first kappa shape index (κ1) is 18.9. The standard InChI is InChI=1S/C24H30N4/c1-19(2)25-22-13-15-27(16-14-22)17-21-18-28(23-11-7-4-8-12-23)26-24(21)20-9-5-3-6-10-20/h3-12,18-19,22,25H,13-17H2,1-2H3. The van der Waals surface area contributed by atoms with Crippen molar-refractivity contribution in [2.45, 2.75) is 45.3 Å². The molecule has 3 aromatic rings. The zero-order chi connectivity index (χ0) is 19.3. The van der Waals surface area contributed by atoms with E-state index in [9.17, 15) is 0 Å². The van der Waals surface area contributed by atoms with Gasteiger partial charge in [0.05, 0.1) is 11.4 Å². The van der Waals surface area contributed by atoms with Crippen molar-refractivity contribution in [3.05, 3.63) is 72.4 Å². The number of para-hydroxylation sites is 1. The van der Waals surface area contributed by atoms with E-state index in [-0.39, 0.29) is 0 Å². The highest BCUT2D eigenvalue weighted by molar-refractivity contribution is 5.63. The maximum absolute atomic E-state index is 4.95. The summed E-state index contributed by atoms with van der Waals surface area (Å²) in [7, 11) is 0. The molecule has 0 unspecified atom stereocenters. The van der Waals surface area contributed by atoms with E-state index in [0.29, 0.717) is 12.1 Å². The SMILES string of the molecule is CC(C)NC1CCN(Cc2cn(-c3ccccc3)nc2-c2ccccc2)CC1. The van der Waals surface area contributed by atoms with Crippen LogP contribution in [0.1, 0.15) is 32.3 Å². The zero-order valence-corrected chi connectivity index (χ0v) is 16.9. The number of piperidine rings is 1. The van der Waals surface area contributed by atoms with Gasteiger partial charge in [-0.3, -0.25) is 4.90 Å². The van der Waals surface area contributed by atoms with Crippen molar-refractivity contribution in [3.8, 4) is 16.9 Å². The van der Waals surface area contributed by atoms with E-state index < -0.39 is 0 Å². The fourth-order valence-electron chi connectivity index (χ4n) is 4.05. The quantitative estimate of drug-likeness (QED) is 0.689. The van der Waals surface area contributed by atoms with Crippen LogP contribution < -0.4 is 5.32 Å². The normalized spacial score (nSPS) is 16.0. The van der Waals surface area contributed by atoms with Gasteiger partial charge >= 0.3 is 0 Å². The molecule has 0 aliphatic carbocycles. The molecule has 4 nitrogen and oxygen atoms in total. The molecule has 2 aromatic carbocycles. The largest absolute Gasteiger partial charge is 0.312 e. The molecule has 0 atom stereocenters. The third-order valence-electron chi connectivity index (χ3n) is 5.41. The lowest BCUT2D eigenvalue weighted by molar-refractivity contribution is 0.186. The summed E-state index contributed by atoms with van der Waals surface area (Å²) in [5, 5.41) is 8.63. The Balaban J connectivity index is 1.55. The van der Waals surface area contributed by atoms with Crippen LogP contribution in [0.3, 0.4) is 0 Å². The van der Waals surface area contributed by atoms with Crippen molar-refractivity contribution in [1.82, 2.24) is 20.0 Å². The molecule has 0 saturated carbocycles. The summed E-state index contributed by atoms with van der Waals surface area (Å²) in [4.78, 5) is 2.57. The molecule has 1 aromatic heterocycles. The van der Waals surface area contributed by atoms with E-state index in [2.05, 4.69) is 84.9 Å². The van der Waals surface area contributed by atoms with E-state index in [0.717, 1.165) is 31.0 Å². The predicted molar refractivity (Wildman–Crippen MR) is 116 cm³/mol. The Morgan fingerprint density at radius 3 is 2.25 bits per heavy atom. The second kappa shape index (κ2) is 8.72. The van der Waals surface area contributed by atoms with E-state index in [1.54, 1.807) is 0 Å². The first-order chi connectivity index (χ1) is 13.7. The smallest absolute Gasteiger partial charge is 0.0972 e. The fourth-order valence-corrected chi connectivity index (χ4v) is 4.05. The summed E-state index contributed by atoms with van der Waals surface area (Å²) in [5.41, 5.74) is 4.67. The molecule has 0 spiro atoms. The third-order valence-corrected chi connectivity index (χ3v) is 5.41. The molecular formula is C24H30N4. The lowest BCUT2D eigenvalue weighted by Crippen LogP contribution is -2.44. The predicted octanol–water partition coefficient (Wildman–Crippen LogP) is 4.50. The Labute approximate surface area is 168 Å². The van der Waals surface area contributed by atoms with E-state index in [1.165, 1.54) is 24.0 Å². The van der Waals surface area contributed by atoms with E-state index in [1.807, 2.05) is 10.7 Å². The molecule has 0 bridgehead atoms. The van der Waals surface area contributed by atoms with Crippen LogP contribution in [0.15, 0.2) is 66.9 Å². The molecule has 4 rings (SSSR count). The molecular weight excluding hydrogens is 344 g/mol. The van der Waals surface area contributed by atoms with Gasteiger partial charge in [0.15, 0.2) is 0 Å². The van der Waals surface area contributed by atoms with Crippen LogP contribution in [0.25, 0.3) is 16.9 Å². The number of nitrogens with zero attached hydrogens (tertiary/aromatic N) is 3. The van der Waals surface area contributed by atoms with Crippen LogP contribution in [-0.2, 0) is 6.54 Å². The minimum Gasteiger partial charge on any atom is -0.312 e. The summed E-state index contributed by atoms with van der Waals surface area (Å²) in [6.45, 7) is 7.68. The first-order valence-corrected chi connectivity index (χ1v) is 10.4.